The molecule has 2 N–H and O–H groups in total. The van der Waals surface area contributed by atoms with Crippen LogP contribution in [0.2, 0.25) is 0 Å². The Morgan fingerprint density at radius 3 is 2.88 bits per heavy atom. The molecule has 2 aromatic rings. The fourth-order valence-corrected chi connectivity index (χ4v) is 3.00. The summed E-state index contributed by atoms with van der Waals surface area (Å²) in [5, 5.41) is 14.4. The molecule has 0 unspecified atom stereocenters. The van der Waals surface area contributed by atoms with Crippen molar-refractivity contribution in [3.63, 3.8) is 0 Å². The third-order valence-electron chi connectivity index (χ3n) is 4.38. The summed E-state index contributed by atoms with van der Waals surface area (Å²) in [5.41, 5.74) is 1.27. The zero-order valence-electron chi connectivity index (χ0n) is 14.0. The van der Waals surface area contributed by atoms with Crippen LogP contribution in [0.25, 0.3) is 0 Å². The van der Waals surface area contributed by atoms with Crippen molar-refractivity contribution in [1.82, 2.24) is 25.6 Å². The van der Waals surface area contributed by atoms with E-state index in [1.807, 2.05) is 35.9 Å². The molecule has 7 nitrogen and oxygen atoms in total. The summed E-state index contributed by atoms with van der Waals surface area (Å²) in [4.78, 5) is 12.4. The average molecular weight is 329 g/mol. The van der Waals surface area contributed by atoms with Crippen LogP contribution in [-0.4, -0.2) is 41.1 Å². The van der Waals surface area contributed by atoms with Crippen LogP contribution in [0.1, 0.15) is 47.9 Å². The van der Waals surface area contributed by atoms with E-state index in [9.17, 15) is 4.79 Å². The van der Waals surface area contributed by atoms with Crippen LogP contribution in [0.3, 0.4) is 0 Å². The molecule has 2 heterocycles. The van der Waals surface area contributed by atoms with Gasteiger partial charge in [0, 0.05) is 5.56 Å². The van der Waals surface area contributed by atoms with Crippen molar-refractivity contribution < 1.29 is 9.53 Å². The fraction of sp³-hybridized carbons (Fsp3) is 0.471. The summed E-state index contributed by atoms with van der Waals surface area (Å²) >= 11 is 0. The van der Waals surface area contributed by atoms with Gasteiger partial charge < -0.3 is 15.4 Å². The lowest BCUT2D eigenvalue weighted by Crippen LogP contribution is -2.29. The first-order valence-corrected chi connectivity index (χ1v) is 8.25. The van der Waals surface area contributed by atoms with E-state index in [4.69, 9.17) is 4.74 Å². The number of methoxy groups -OCH3 is 1. The Bertz CT molecular complexity index is 694. The summed E-state index contributed by atoms with van der Waals surface area (Å²) in [5.74, 6) is 0.525. The zero-order valence-corrected chi connectivity index (χ0v) is 14.0. The molecule has 0 saturated carbocycles. The number of rotatable bonds is 5. The maximum absolute atomic E-state index is 12.4. The molecule has 0 radical (unpaired) electrons. The molecule has 1 fully saturated rings. The number of nitrogens with one attached hydrogen (secondary N) is 2. The Morgan fingerprint density at radius 1 is 1.38 bits per heavy atom. The Morgan fingerprint density at radius 2 is 2.12 bits per heavy atom. The summed E-state index contributed by atoms with van der Waals surface area (Å²) in [6.07, 6.45) is 3.74. The van der Waals surface area contributed by atoms with E-state index >= 15 is 0 Å². The van der Waals surface area contributed by atoms with Crippen LogP contribution in [0.5, 0.6) is 5.75 Å². The minimum absolute atomic E-state index is 0.183. The van der Waals surface area contributed by atoms with E-state index < -0.39 is 0 Å². The first-order valence-electron chi connectivity index (χ1n) is 8.25. The van der Waals surface area contributed by atoms with Crippen LogP contribution in [-0.2, 0) is 0 Å². The number of hydrogen-bond donors (Lipinski definition) is 2. The van der Waals surface area contributed by atoms with Gasteiger partial charge in [0.1, 0.15) is 5.75 Å². The molecule has 1 aliphatic heterocycles. The minimum atomic E-state index is -0.228. The quantitative estimate of drug-likeness (QED) is 0.873. The summed E-state index contributed by atoms with van der Waals surface area (Å²) < 4.78 is 7.16. The summed E-state index contributed by atoms with van der Waals surface area (Å²) in [6, 6.07) is 7.78. The van der Waals surface area contributed by atoms with Crippen molar-refractivity contribution in [3.05, 3.63) is 41.7 Å². The molecule has 1 aromatic carbocycles. The van der Waals surface area contributed by atoms with E-state index in [1.54, 1.807) is 13.3 Å². The predicted molar refractivity (Wildman–Crippen MR) is 90.0 cm³/mol. The van der Waals surface area contributed by atoms with Crippen molar-refractivity contribution in [2.24, 2.45) is 0 Å². The monoisotopic (exact) mass is 329 g/mol. The van der Waals surface area contributed by atoms with E-state index in [0.717, 1.165) is 37.2 Å². The van der Waals surface area contributed by atoms with Crippen molar-refractivity contribution in [2.45, 2.75) is 31.8 Å². The average Bonchev–Trinajstić information content (AvgIpc) is 3.12. The number of nitrogens with zero attached hydrogens (tertiary/aromatic N) is 3. The summed E-state index contributed by atoms with van der Waals surface area (Å²) in [6.45, 7) is 3.86. The molecule has 3 rings (SSSR count). The molecule has 24 heavy (non-hydrogen) atoms. The maximum Gasteiger partial charge on any atom is 0.273 e. The molecule has 1 atom stereocenters. The topological polar surface area (TPSA) is 81.1 Å². The number of benzene rings is 1. The maximum atomic E-state index is 12.4. The fourth-order valence-electron chi connectivity index (χ4n) is 3.00. The lowest BCUT2D eigenvalue weighted by Gasteiger charge is -2.22. The van der Waals surface area contributed by atoms with Crippen LogP contribution < -0.4 is 15.4 Å². The second-order valence-corrected chi connectivity index (χ2v) is 6.00. The molecule has 1 aromatic heterocycles. The van der Waals surface area contributed by atoms with Gasteiger partial charge in [-0.05, 0) is 38.9 Å². The molecule has 7 heteroatoms. The van der Waals surface area contributed by atoms with Crippen molar-refractivity contribution >= 4 is 5.91 Å². The second kappa shape index (κ2) is 7.44. The van der Waals surface area contributed by atoms with Crippen molar-refractivity contribution in [2.75, 3.05) is 20.2 Å². The van der Waals surface area contributed by atoms with Gasteiger partial charge in [-0.2, -0.15) is 0 Å². The summed E-state index contributed by atoms with van der Waals surface area (Å²) in [7, 11) is 1.62. The van der Waals surface area contributed by atoms with Gasteiger partial charge in [0.05, 0.1) is 25.4 Å². The second-order valence-electron chi connectivity index (χ2n) is 6.00. The number of carbonyl (C=O) groups is 1. The molecule has 0 aliphatic carbocycles. The number of hydrogen-bond acceptors (Lipinski definition) is 5. The van der Waals surface area contributed by atoms with Gasteiger partial charge in [-0.15, -0.1) is 5.10 Å². The molecule has 0 spiro atoms. The molecule has 128 valence electrons. The largest absolute Gasteiger partial charge is 0.496 e. The van der Waals surface area contributed by atoms with Crippen LogP contribution in [0.15, 0.2) is 30.5 Å². The molecule has 1 amide bonds. The molecule has 1 aliphatic rings. The smallest absolute Gasteiger partial charge is 0.273 e. The number of carbonyl (C=O) groups excluding carboxylic acids is 1. The highest BCUT2D eigenvalue weighted by atomic mass is 16.5. The Hall–Kier alpha value is -2.41. The molecular formula is C17H23N5O2. The lowest BCUT2D eigenvalue weighted by atomic mass is 10.1. The van der Waals surface area contributed by atoms with Crippen LogP contribution >= 0.6 is 0 Å². The highest BCUT2D eigenvalue weighted by Crippen LogP contribution is 2.24. The van der Waals surface area contributed by atoms with Crippen LogP contribution in [0.4, 0.5) is 0 Å². The van der Waals surface area contributed by atoms with Gasteiger partial charge in [0.25, 0.3) is 5.91 Å². The first-order chi connectivity index (χ1) is 11.7. The van der Waals surface area contributed by atoms with Gasteiger partial charge in [-0.25, -0.2) is 4.68 Å². The van der Waals surface area contributed by atoms with Gasteiger partial charge in [-0.3, -0.25) is 4.79 Å². The third-order valence-corrected chi connectivity index (χ3v) is 4.38. The van der Waals surface area contributed by atoms with Gasteiger partial charge in [-0.1, -0.05) is 23.4 Å². The van der Waals surface area contributed by atoms with Gasteiger partial charge in [0.2, 0.25) is 0 Å². The van der Waals surface area contributed by atoms with Crippen molar-refractivity contribution in [3.8, 4) is 5.75 Å². The Labute approximate surface area is 141 Å². The number of para-hydroxylation sites is 1. The number of piperidine rings is 1. The number of aromatic nitrogens is 3. The first kappa shape index (κ1) is 16.4. The standard InChI is InChI=1S/C17H23N5O2/c1-12(14-5-3-4-6-16(14)24-2)19-17(23)15-11-22(21-20-15)13-7-9-18-10-8-13/h3-6,11-13,18H,7-10H2,1-2H3,(H,19,23)/t12-/m1/s1. The van der Waals surface area contributed by atoms with E-state index in [-0.39, 0.29) is 11.9 Å². The Kier molecular flexibility index (Phi) is 5.10. The normalized spacial score (nSPS) is 16.6. The number of ether oxygens (including phenoxy) is 1. The van der Waals surface area contributed by atoms with E-state index in [2.05, 4.69) is 20.9 Å². The minimum Gasteiger partial charge on any atom is -0.496 e. The van der Waals surface area contributed by atoms with Crippen LogP contribution in [0, 0.1) is 0 Å². The van der Waals surface area contributed by atoms with E-state index in [1.165, 1.54) is 0 Å². The predicted octanol–water partition coefficient (Wildman–Crippen LogP) is 1.70. The third kappa shape index (κ3) is 3.56. The number of amides is 1. The molecule has 0 bridgehead atoms. The van der Waals surface area contributed by atoms with Gasteiger partial charge >= 0.3 is 0 Å². The lowest BCUT2D eigenvalue weighted by molar-refractivity contribution is 0.0934. The molecule has 1 saturated heterocycles. The van der Waals surface area contributed by atoms with Gasteiger partial charge in [0.15, 0.2) is 5.69 Å². The zero-order chi connectivity index (χ0) is 16.9. The SMILES string of the molecule is COc1ccccc1[C@@H](C)NC(=O)c1cn(C2CCNCC2)nn1. The highest BCUT2D eigenvalue weighted by Gasteiger charge is 2.20. The van der Waals surface area contributed by atoms with E-state index in [0.29, 0.717) is 11.7 Å². The highest BCUT2D eigenvalue weighted by molar-refractivity contribution is 5.92. The van der Waals surface area contributed by atoms with Crippen molar-refractivity contribution in [1.29, 1.82) is 0 Å². The Balaban J connectivity index is 1.67. The molecular weight excluding hydrogens is 306 g/mol.